The maximum Gasteiger partial charge on any atom is 0.353 e. The summed E-state index contributed by atoms with van der Waals surface area (Å²) in [5, 5.41) is 14.1. The Balaban J connectivity index is 1.66. The molecule has 0 atom stereocenters. The first-order valence-corrected chi connectivity index (χ1v) is 8.84. The average Bonchev–Trinajstić information content (AvgIpc) is 3.24. The topological polar surface area (TPSA) is 67.9 Å². The van der Waals surface area contributed by atoms with Crippen molar-refractivity contribution in [2.24, 2.45) is 0 Å². The van der Waals surface area contributed by atoms with Gasteiger partial charge in [-0.3, -0.25) is 0 Å². The Hall–Kier alpha value is -3.50. The summed E-state index contributed by atoms with van der Waals surface area (Å²) >= 11 is 1.26. The number of benzene rings is 2. The SMILES string of the molecule is Cc1nn(-c2ccc(F)cc2)c2sc(C(=O)Oc3ccc(C#N)cc3)cc12. The van der Waals surface area contributed by atoms with Crippen LogP contribution in [0.1, 0.15) is 20.9 Å². The predicted molar refractivity (Wildman–Crippen MR) is 99.8 cm³/mol. The van der Waals surface area contributed by atoms with Crippen molar-refractivity contribution in [1.82, 2.24) is 9.78 Å². The van der Waals surface area contributed by atoms with Crippen LogP contribution in [-0.2, 0) is 0 Å². The molecule has 0 spiro atoms. The summed E-state index contributed by atoms with van der Waals surface area (Å²) < 4.78 is 20.3. The van der Waals surface area contributed by atoms with Gasteiger partial charge < -0.3 is 4.74 Å². The Kier molecular flexibility index (Phi) is 4.18. The molecule has 7 heteroatoms. The van der Waals surface area contributed by atoms with Crippen LogP contribution in [-0.4, -0.2) is 15.7 Å². The van der Waals surface area contributed by atoms with Crippen molar-refractivity contribution in [1.29, 1.82) is 5.26 Å². The molecular formula is C20H12FN3O2S. The average molecular weight is 377 g/mol. The van der Waals surface area contributed by atoms with Gasteiger partial charge in [-0.15, -0.1) is 11.3 Å². The molecule has 4 rings (SSSR count). The fourth-order valence-electron chi connectivity index (χ4n) is 2.66. The van der Waals surface area contributed by atoms with E-state index < -0.39 is 5.97 Å². The summed E-state index contributed by atoms with van der Waals surface area (Å²) in [6.07, 6.45) is 0. The molecule has 0 aliphatic carbocycles. The van der Waals surface area contributed by atoms with Gasteiger partial charge >= 0.3 is 5.97 Å². The zero-order valence-corrected chi connectivity index (χ0v) is 15.0. The van der Waals surface area contributed by atoms with Crippen LogP contribution >= 0.6 is 11.3 Å². The van der Waals surface area contributed by atoms with Gasteiger partial charge in [0.2, 0.25) is 0 Å². The Morgan fingerprint density at radius 3 is 2.56 bits per heavy atom. The zero-order valence-electron chi connectivity index (χ0n) is 14.1. The monoisotopic (exact) mass is 377 g/mol. The van der Waals surface area contributed by atoms with Gasteiger partial charge in [0.1, 0.15) is 21.3 Å². The Morgan fingerprint density at radius 2 is 1.89 bits per heavy atom. The molecule has 2 heterocycles. The van der Waals surface area contributed by atoms with Gasteiger partial charge in [-0.1, -0.05) is 0 Å². The number of halogens is 1. The molecule has 5 nitrogen and oxygen atoms in total. The van der Waals surface area contributed by atoms with Gasteiger partial charge in [0.25, 0.3) is 0 Å². The highest BCUT2D eigenvalue weighted by atomic mass is 32.1. The van der Waals surface area contributed by atoms with Crippen LogP contribution in [0.25, 0.3) is 15.9 Å². The second-order valence-electron chi connectivity index (χ2n) is 5.83. The second kappa shape index (κ2) is 6.67. The molecule has 0 saturated heterocycles. The summed E-state index contributed by atoms with van der Waals surface area (Å²) in [6.45, 7) is 1.85. The predicted octanol–water partition coefficient (Wildman–Crippen LogP) is 4.63. The first-order chi connectivity index (χ1) is 13.0. The third-order valence-corrected chi connectivity index (χ3v) is 5.10. The number of carbonyl (C=O) groups excluding carboxylic acids is 1. The molecule has 0 aliphatic rings. The van der Waals surface area contributed by atoms with Gasteiger partial charge in [0.05, 0.1) is 23.0 Å². The summed E-state index contributed by atoms with van der Waals surface area (Å²) in [5.74, 6) is -0.434. The van der Waals surface area contributed by atoms with Crippen LogP contribution < -0.4 is 4.74 Å². The highest BCUT2D eigenvalue weighted by Crippen LogP contribution is 2.31. The second-order valence-corrected chi connectivity index (χ2v) is 6.86. The van der Waals surface area contributed by atoms with Crippen molar-refractivity contribution in [2.45, 2.75) is 6.92 Å². The number of thiophene rings is 1. The standard InChI is InChI=1S/C20H12FN3O2S/c1-12-17-10-18(20(25)26-16-8-2-13(11-22)3-9-16)27-19(17)24(23-12)15-6-4-14(21)5-7-15/h2-10H,1H3. The van der Waals surface area contributed by atoms with Crippen molar-refractivity contribution in [3.63, 3.8) is 0 Å². The number of hydrogen-bond donors (Lipinski definition) is 0. The van der Waals surface area contributed by atoms with E-state index in [-0.39, 0.29) is 5.82 Å². The highest BCUT2D eigenvalue weighted by molar-refractivity contribution is 7.20. The molecule has 132 valence electrons. The third kappa shape index (κ3) is 3.18. The normalized spacial score (nSPS) is 10.7. The summed E-state index contributed by atoms with van der Waals surface area (Å²) in [7, 11) is 0. The van der Waals surface area contributed by atoms with E-state index in [9.17, 15) is 9.18 Å². The van der Waals surface area contributed by atoms with Crippen LogP contribution in [0.2, 0.25) is 0 Å². The molecule has 0 aliphatic heterocycles. The molecule has 2 aromatic heterocycles. The molecule has 0 unspecified atom stereocenters. The highest BCUT2D eigenvalue weighted by Gasteiger charge is 2.18. The summed E-state index contributed by atoms with van der Waals surface area (Å²) in [5.41, 5.74) is 1.97. The largest absolute Gasteiger partial charge is 0.422 e. The van der Waals surface area contributed by atoms with Gasteiger partial charge in [-0.05, 0) is 61.5 Å². The lowest BCUT2D eigenvalue weighted by atomic mass is 10.2. The molecule has 0 saturated carbocycles. The molecule has 0 fully saturated rings. The van der Waals surface area contributed by atoms with Crippen molar-refractivity contribution >= 4 is 27.5 Å². The van der Waals surface area contributed by atoms with Crippen molar-refractivity contribution in [3.8, 4) is 17.5 Å². The maximum atomic E-state index is 13.2. The fourth-order valence-corrected chi connectivity index (χ4v) is 3.72. The number of aryl methyl sites for hydroxylation is 1. The molecular weight excluding hydrogens is 365 g/mol. The van der Waals surface area contributed by atoms with Crippen LogP contribution in [0.5, 0.6) is 5.75 Å². The van der Waals surface area contributed by atoms with E-state index in [0.717, 1.165) is 15.9 Å². The van der Waals surface area contributed by atoms with E-state index in [4.69, 9.17) is 10.00 Å². The summed E-state index contributed by atoms with van der Waals surface area (Å²) in [4.78, 5) is 13.7. The zero-order chi connectivity index (χ0) is 19.0. The van der Waals surface area contributed by atoms with E-state index in [1.54, 1.807) is 47.1 Å². The number of aromatic nitrogens is 2. The fraction of sp³-hybridized carbons (Fsp3) is 0.0500. The van der Waals surface area contributed by atoms with Crippen LogP contribution in [0.3, 0.4) is 0 Å². The molecule has 2 aromatic carbocycles. The van der Waals surface area contributed by atoms with E-state index in [1.807, 2.05) is 13.0 Å². The number of nitrogens with zero attached hydrogens (tertiary/aromatic N) is 3. The third-order valence-electron chi connectivity index (χ3n) is 4.01. The molecule has 4 aromatic rings. The summed E-state index contributed by atoms with van der Waals surface area (Å²) in [6, 6.07) is 16.1. The smallest absolute Gasteiger partial charge is 0.353 e. The lowest BCUT2D eigenvalue weighted by molar-refractivity contribution is 0.0740. The number of fused-ring (bicyclic) bond motifs is 1. The van der Waals surface area contributed by atoms with E-state index >= 15 is 0 Å². The van der Waals surface area contributed by atoms with E-state index in [2.05, 4.69) is 5.10 Å². The van der Waals surface area contributed by atoms with Gasteiger partial charge in [0.15, 0.2) is 0 Å². The van der Waals surface area contributed by atoms with Crippen LogP contribution in [0, 0.1) is 24.1 Å². The van der Waals surface area contributed by atoms with Gasteiger partial charge in [0, 0.05) is 5.39 Å². The van der Waals surface area contributed by atoms with Crippen molar-refractivity contribution in [2.75, 3.05) is 0 Å². The number of rotatable bonds is 3. The minimum Gasteiger partial charge on any atom is -0.422 e. The number of esters is 1. The first kappa shape index (κ1) is 16.9. The van der Waals surface area contributed by atoms with Gasteiger partial charge in [-0.25, -0.2) is 13.9 Å². The Bertz CT molecular complexity index is 1190. The number of ether oxygens (including phenoxy) is 1. The van der Waals surface area contributed by atoms with E-state index in [1.165, 1.54) is 23.5 Å². The minimum absolute atomic E-state index is 0.322. The minimum atomic E-state index is -0.481. The molecule has 0 bridgehead atoms. The molecule has 27 heavy (non-hydrogen) atoms. The molecule has 0 amide bonds. The van der Waals surface area contributed by atoms with Crippen molar-refractivity contribution in [3.05, 3.63) is 76.5 Å². The van der Waals surface area contributed by atoms with Crippen LogP contribution in [0.4, 0.5) is 4.39 Å². The van der Waals surface area contributed by atoms with E-state index in [0.29, 0.717) is 21.9 Å². The number of hydrogen-bond acceptors (Lipinski definition) is 5. The molecule has 0 N–H and O–H groups in total. The van der Waals surface area contributed by atoms with Crippen LogP contribution in [0.15, 0.2) is 54.6 Å². The number of nitriles is 1. The number of carbonyl (C=O) groups is 1. The lowest BCUT2D eigenvalue weighted by Crippen LogP contribution is -2.06. The first-order valence-electron chi connectivity index (χ1n) is 8.02. The molecule has 0 radical (unpaired) electrons. The van der Waals surface area contributed by atoms with Gasteiger partial charge in [-0.2, -0.15) is 10.4 Å². The Labute approximate surface area is 157 Å². The maximum absolute atomic E-state index is 13.2. The quantitative estimate of drug-likeness (QED) is 0.386. The van der Waals surface area contributed by atoms with Crippen molar-refractivity contribution < 1.29 is 13.9 Å². The Morgan fingerprint density at radius 1 is 1.19 bits per heavy atom. The lowest BCUT2D eigenvalue weighted by Gasteiger charge is -2.03.